The second kappa shape index (κ2) is 5.83. The van der Waals surface area contributed by atoms with Crippen LogP contribution < -0.4 is 0 Å². The molecule has 0 atom stereocenters. The lowest BCUT2D eigenvalue weighted by molar-refractivity contribution is 0.281. The van der Waals surface area contributed by atoms with E-state index in [2.05, 4.69) is 0 Å². The fourth-order valence-corrected chi connectivity index (χ4v) is 3.49. The molecular formula is C13H15NO3S2. The molecule has 0 amide bonds. The van der Waals surface area contributed by atoms with Gasteiger partial charge in [-0.3, -0.25) is 0 Å². The summed E-state index contributed by atoms with van der Waals surface area (Å²) in [4.78, 5) is 0.238. The molecular weight excluding hydrogens is 282 g/mol. The Morgan fingerprint density at radius 3 is 2.37 bits per heavy atom. The quantitative estimate of drug-likeness (QED) is 0.919. The van der Waals surface area contributed by atoms with E-state index in [1.165, 1.54) is 16.4 Å². The molecule has 0 saturated heterocycles. The van der Waals surface area contributed by atoms with Crippen LogP contribution in [0.4, 0.5) is 0 Å². The van der Waals surface area contributed by atoms with E-state index in [-0.39, 0.29) is 11.5 Å². The summed E-state index contributed by atoms with van der Waals surface area (Å²) in [6.45, 7) is 0.263. The predicted octanol–water partition coefficient (Wildman–Crippen LogP) is 2.06. The van der Waals surface area contributed by atoms with Gasteiger partial charge in [-0.05, 0) is 40.1 Å². The molecule has 1 aromatic carbocycles. The smallest absolute Gasteiger partial charge is 0.243 e. The third kappa shape index (κ3) is 3.22. The van der Waals surface area contributed by atoms with Crippen LogP contribution in [0.1, 0.15) is 11.1 Å². The molecule has 1 heterocycles. The van der Waals surface area contributed by atoms with Crippen molar-refractivity contribution in [3.05, 3.63) is 52.2 Å². The van der Waals surface area contributed by atoms with Crippen LogP contribution in [0.5, 0.6) is 0 Å². The summed E-state index contributed by atoms with van der Waals surface area (Å²) >= 11 is 1.54. The van der Waals surface area contributed by atoms with Gasteiger partial charge in [0.25, 0.3) is 0 Å². The first-order valence-corrected chi connectivity index (χ1v) is 8.09. The number of rotatable bonds is 5. The zero-order chi connectivity index (χ0) is 13.9. The van der Waals surface area contributed by atoms with Crippen LogP contribution in [-0.2, 0) is 23.2 Å². The number of hydrogen-bond acceptors (Lipinski definition) is 4. The van der Waals surface area contributed by atoms with E-state index in [4.69, 9.17) is 5.11 Å². The molecule has 0 fully saturated rings. The molecule has 0 radical (unpaired) electrons. The third-order valence-electron chi connectivity index (χ3n) is 2.80. The highest BCUT2D eigenvalue weighted by Gasteiger charge is 2.20. The minimum absolute atomic E-state index is 0.0922. The van der Waals surface area contributed by atoms with Crippen LogP contribution >= 0.6 is 11.3 Å². The highest BCUT2D eigenvalue weighted by atomic mass is 32.2. The van der Waals surface area contributed by atoms with E-state index in [1.807, 2.05) is 16.8 Å². The lowest BCUT2D eigenvalue weighted by atomic mass is 10.2. The van der Waals surface area contributed by atoms with Gasteiger partial charge in [-0.15, -0.1) is 0 Å². The van der Waals surface area contributed by atoms with Crippen LogP contribution in [0.3, 0.4) is 0 Å². The SMILES string of the molecule is CN(Cc1ccsc1)S(=O)(=O)c1ccc(CO)cc1. The molecule has 0 unspecified atom stereocenters. The zero-order valence-electron chi connectivity index (χ0n) is 10.5. The molecule has 1 N–H and O–H groups in total. The van der Waals surface area contributed by atoms with Crippen molar-refractivity contribution in [3.63, 3.8) is 0 Å². The molecule has 19 heavy (non-hydrogen) atoms. The van der Waals surface area contributed by atoms with Crippen molar-refractivity contribution in [3.8, 4) is 0 Å². The van der Waals surface area contributed by atoms with E-state index >= 15 is 0 Å². The molecule has 2 aromatic rings. The Morgan fingerprint density at radius 2 is 1.84 bits per heavy atom. The first kappa shape index (κ1) is 14.2. The largest absolute Gasteiger partial charge is 0.392 e. The Hall–Kier alpha value is -1.21. The Bertz CT molecular complexity index is 618. The number of thiophene rings is 1. The van der Waals surface area contributed by atoms with E-state index in [9.17, 15) is 8.42 Å². The maximum Gasteiger partial charge on any atom is 0.243 e. The average molecular weight is 297 g/mol. The molecule has 4 nitrogen and oxygen atoms in total. The molecule has 0 spiro atoms. The summed E-state index contributed by atoms with van der Waals surface area (Å²) in [5, 5.41) is 12.8. The molecule has 1 aromatic heterocycles. The molecule has 0 bridgehead atoms. The fourth-order valence-electron chi connectivity index (χ4n) is 1.67. The maximum atomic E-state index is 12.3. The summed E-state index contributed by atoms with van der Waals surface area (Å²) < 4.78 is 26.0. The average Bonchev–Trinajstić information content (AvgIpc) is 2.91. The lowest BCUT2D eigenvalue weighted by Gasteiger charge is -2.16. The first-order valence-electron chi connectivity index (χ1n) is 5.71. The van der Waals surface area contributed by atoms with Crippen molar-refractivity contribution >= 4 is 21.4 Å². The predicted molar refractivity (Wildman–Crippen MR) is 75.3 cm³/mol. The molecule has 102 valence electrons. The second-order valence-corrected chi connectivity index (χ2v) is 7.02. The van der Waals surface area contributed by atoms with Crippen LogP contribution in [0.2, 0.25) is 0 Å². The van der Waals surface area contributed by atoms with Crippen LogP contribution in [-0.4, -0.2) is 24.9 Å². The van der Waals surface area contributed by atoms with E-state index < -0.39 is 10.0 Å². The topological polar surface area (TPSA) is 57.6 Å². The minimum Gasteiger partial charge on any atom is -0.392 e. The molecule has 0 aliphatic rings. The van der Waals surface area contributed by atoms with Gasteiger partial charge in [0.1, 0.15) is 0 Å². The third-order valence-corrected chi connectivity index (χ3v) is 5.35. The van der Waals surface area contributed by atoms with Crippen LogP contribution in [0.15, 0.2) is 46.0 Å². The van der Waals surface area contributed by atoms with Gasteiger partial charge in [0.15, 0.2) is 0 Å². The van der Waals surface area contributed by atoms with Gasteiger partial charge in [0.2, 0.25) is 10.0 Å². The van der Waals surface area contributed by atoms with Gasteiger partial charge in [-0.2, -0.15) is 15.6 Å². The fraction of sp³-hybridized carbons (Fsp3) is 0.231. The minimum atomic E-state index is -3.48. The van der Waals surface area contributed by atoms with Gasteiger partial charge >= 0.3 is 0 Å². The Morgan fingerprint density at radius 1 is 1.16 bits per heavy atom. The summed E-state index contributed by atoms with van der Waals surface area (Å²) in [6.07, 6.45) is 0. The van der Waals surface area contributed by atoms with Gasteiger partial charge in [0, 0.05) is 13.6 Å². The van der Waals surface area contributed by atoms with Crippen molar-refractivity contribution < 1.29 is 13.5 Å². The molecule has 6 heteroatoms. The number of benzene rings is 1. The van der Waals surface area contributed by atoms with Crippen molar-refractivity contribution in [2.75, 3.05) is 7.05 Å². The van der Waals surface area contributed by atoms with Crippen molar-refractivity contribution in [2.24, 2.45) is 0 Å². The highest BCUT2D eigenvalue weighted by molar-refractivity contribution is 7.89. The van der Waals surface area contributed by atoms with Crippen LogP contribution in [0, 0.1) is 0 Å². The Balaban J connectivity index is 2.20. The molecule has 2 rings (SSSR count). The number of hydrogen-bond donors (Lipinski definition) is 1. The summed E-state index contributed by atoms with van der Waals surface area (Å²) in [5.41, 5.74) is 1.67. The summed E-state index contributed by atoms with van der Waals surface area (Å²) in [6, 6.07) is 8.18. The van der Waals surface area contributed by atoms with Crippen molar-refractivity contribution in [1.82, 2.24) is 4.31 Å². The second-order valence-electron chi connectivity index (χ2n) is 4.19. The molecule has 0 saturated carbocycles. The standard InChI is InChI=1S/C13H15NO3S2/c1-14(8-12-6-7-18-10-12)19(16,17)13-4-2-11(9-15)3-5-13/h2-7,10,15H,8-9H2,1H3. The summed E-state index contributed by atoms with van der Waals surface area (Å²) in [7, 11) is -1.92. The normalized spacial score (nSPS) is 11.9. The molecule has 0 aliphatic carbocycles. The number of aliphatic hydroxyl groups excluding tert-OH is 1. The number of nitrogens with zero attached hydrogens (tertiary/aromatic N) is 1. The zero-order valence-corrected chi connectivity index (χ0v) is 12.1. The van der Waals surface area contributed by atoms with Crippen LogP contribution in [0.25, 0.3) is 0 Å². The lowest BCUT2D eigenvalue weighted by Crippen LogP contribution is -2.26. The monoisotopic (exact) mass is 297 g/mol. The number of sulfonamides is 1. The Labute approximate surface area is 117 Å². The van der Waals surface area contributed by atoms with E-state index in [0.717, 1.165) is 5.56 Å². The van der Waals surface area contributed by atoms with Gasteiger partial charge in [-0.1, -0.05) is 12.1 Å². The van der Waals surface area contributed by atoms with Crippen molar-refractivity contribution in [1.29, 1.82) is 0 Å². The number of aliphatic hydroxyl groups is 1. The first-order chi connectivity index (χ1) is 9.04. The highest BCUT2D eigenvalue weighted by Crippen LogP contribution is 2.18. The van der Waals surface area contributed by atoms with Gasteiger partial charge in [0.05, 0.1) is 11.5 Å². The van der Waals surface area contributed by atoms with Gasteiger partial charge < -0.3 is 5.11 Å². The van der Waals surface area contributed by atoms with Gasteiger partial charge in [-0.25, -0.2) is 8.42 Å². The Kier molecular flexibility index (Phi) is 4.36. The molecule has 0 aliphatic heterocycles. The van der Waals surface area contributed by atoms with Crippen molar-refractivity contribution in [2.45, 2.75) is 18.0 Å². The van der Waals surface area contributed by atoms with E-state index in [1.54, 1.807) is 30.5 Å². The van der Waals surface area contributed by atoms with E-state index in [0.29, 0.717) is 12.1 Å². The maximum absolute atomic E-state index is 12.3. The summed E-state index contributed by atoms with van der Waals surface area (Å²) in [5.74, 6) is 0.